The lowest BCUT2D eigenvalue weighted by molar-refractivity contribution is -0.137. The molecule has 25 heavy (non-hydrogen) atoms. The zero-order chi connectivity index (χ0) is 18.0. The molecule has 1 amide bonds. The molecule has 0 saturated carbocycles. The molecule has 0 bridgehead atoms. The van der Waals surface area contributed by atoms with Gasteiger partial charge in [0.15, 0.2) is 5.76 Å². The first-order valence-electron chi connectivity index (χ1n) is 8.18. The number of halogens is 3. The first kappa shape index (κ1) is 17.4. The Morgan fingerprint density at radius 1 is 1.16 bits per heavy atom. The highest BCUT2D eigenvalue weighted by atomic mass is 19.4. The van der Waals surface area contributed by atoms with E-state index >= 15 is 0 Å². The van der Waals surface area contributed by atoms with Gasteiger partial charge in [-0.15, -0.1) is 0 Å². The Bertz CT molecular complexity index is 762. The smallest absolute Gasteiger partial charge is 0.416 e. The van der Waals surface area contributed by atoms with Crippen LogP contribution in [0.2, 0.25) is 0 Å². The highest BCUT2D eigenvalue weighted by Crippen LogP contribution is 2.36. The van der Waals surface area contributed by atoms with Gasteiger partial charge in [0.1, 0.15) is 0 Å². The summed E-state index contributed by atoms with van der Waals surface area (Å²) >= 11 is 0. The van der Waals surface area contributed by atoms with Crippen molar-refractivity contribution < 1.29 is 22.4 Å². The summed E-state index contributed by atoms with van der Waals surface area (Å²) in [7, 11) is 0. The fourth-order valence-electron chi connectivity index (χ4n) is 3.01. The third-order valence-corrected chi connectivity index (χ3v) is 4.34. The molecular weight excluding hydrogens is 333 g/mol. The molecule has 0 unspecified atom stereocenters. The average molecular weight is 352 g/mol. The maximum Gasteiger partial charge on any atom is 0.416 e. The van der Waals surface area contributed by atoms with Crippen LogP contribution in [0.3, 0.4) is 0 Å². The van der Waals surface area contributed by atoms with E-state index < -0.39 is 17.6 Å². The monoisotopic (exact) mass is 352 g/mol. The van der Waals surface area contributed by atoms with E-state index in [1.54, 1.807) is 13.0 Å². The Kier molecular flexibility index (Phi) is 4.74. The summed E-state index contributed by atoms with van der Waals surface area (Å²) < 4.78 is 44.3. The van der Waals surface area contributed by atoms with E-state index in [0.717, 1.165) is 44.5 Å². The highest BCUT2D eigenvalue weighted by Gasteiger charge is 2.32. The van der Waals surface area contributed by atoms with Crippen molar-refractivity contribution in [2.45, 2.75) is 32.4 Å². The van der Waals surface area contributed by atoms with Crippen LogP contribution < -0.4 is 10.2 Å². The van der Waals surface area contributed by atoms with Crippen LogP contribution in [0.15, 0.2) is 34.9 Å². The third-order valence-electron chi connectivity index (χ3n) is 4.34. The third kappa shape index (κ3) is 3.81. The largest absolute Gasteiger partial charge is 0.459 e. The normalized spacial score (nSPS) is 15.3. The van der Waals surface area contributed by atoms with Crippen molar-refractivity contribution in [2.24, 2.45) is 0 Å². The SMILES string of the molecule is Cc1ccoc1C(=O)Nc1cc(C(F)(F)F)ccc1N1CCCCC1. The van der Waals surface area contributed by atoms with E-state index in [1.807, 2.05) is 4.90 Å². The summed E-state index contributed by atoms with van der Waals surface area (Å²) in [5, 5.41) is 2.59. The minimum Gasteiger partial charge on any atom is -0.459 e. The van der Waals surface area contributed by atoms with Crippen LogP contribution in [0.25, 0.3) is 0 Å². The number of carbonyl (C=O) groups excluding carboxylic acids is 1. The molecule has 1 aromatic heterocycles. The summed E-state index contributed by atoms with van der Waals surface area (Å²) in [6.45, 7) is 3.22. The molecule has 7 heteroatoms. The Balaban J connectivity index is 1.95. The van der Waals surface area contributed by atoms with Gasteiger partial charge in [0, 0.05) is 18.7 Å². The molecule has 0 spiro atoms. The second kappa shape index (κ2) is 6.82. The summed E-state index contributed by atoms with van der Waals surface area (Å²) in [6.07, 6.45) is -0.0374. The number of benzene rings is 1. The number of piperidine rings is 1. The van der Waals surface area contributed by atoms with Crippen LogP contribution in [0.1, 0.15) is 40.9 Å². The van der Waals surface area contributed by atoms with Crippen molar-refractivity contribution in [2.75, 3.05) is 23.3 Å². The minimum absolute atomic E-state index is 0.0991. The lowest BCUT2D eigenvalue weighted by Gasteiger charge is -2.31. The number of anilines is 2. The van der Waals surface area contributed by atoms with Crippen molar-refractivity contribution in [1.82, 2.24) is 0 Å². The number of nitrogens with one attached hydrogen (secondary N) is 1. The zero-order valence-electron chi connectivity index (χ0n) is 13.8. The van der Waals surface area contributed by atoms with E-state index in [2.05, 4.69) is 5.32 Å². The van der Waals surface area contributed by atoms with Gasteiger partial charge in [0.25, 0.3) is 5.91 Å². The number of carbonyl (C=O) groups is 1. The van der Waals surface area contributed by atoms with Gasteiger partial charge in [-0.3, -0.25) is 4.79 Å². The van der Waals surface area contributed by atoms with Crippen LogP contribution in [0, 0.1) is 6.92 Å². The average Bonchev–Trinajstić information content (AvgIpc) is 3.01. The fourth-order valence-corrected chi connectivity index (χ4v) is 3.01. The number of amides is 1. The lowest BCUT2D eigenvalue weighted by Crippen LogP contribution is -2.30. The maximum atomic E-state index is 13.1. The van der Waals surface area contributed by atoms with Gasteiger partial charge in [-0.2, -0.15) is 13.2 Å². The molecule has 134 valence electrons. The predicted octanol–water partition coefficient (Wildman–Crippen LogP) is 4.85. The van der Waals surface area contributed by atoms with Crippen molar-refractivity contribution in [3.8, 4) is 0 Å². The molecule has 0 aliphatic carbocycles. The zero-order valence-corrected chi connectivity index (χ0v) is 13.8. The van der Waals surface area contributed by atoms with Gasteiger partial charge in [0.05, 0.1) is 23.2 Å². The number of hydrogen-bond acceptors (Lipinski definition) is 3. The first-order valence-corrected chi connectivity index (χ1v) is 8.18. The van der Waals surface area contributed by atoms with Gasteiger partial charge in [-0.25, -0.2) is 0 Å². The van der Waals surface area contributed by atoms with Crippen molar-refractivity contribution in [3.05, 3.63) is 47.4 Å². The Hall–Kier alpha value is -2.44. The minimum atomic E-state index is -4.47. The van der Waals surface area contributed by atoms with Gasteiger partial charge < -0.3 is 14.6 Å². The molecule has 1 saturated heterocycles. The predicted molar refractivity (Wildman–Crippen MR) is 88.9 cm³/mol. The second-order valence-corrected chi connectivity index (χ2v) is 6.16. The van der Waals surface area contributed by atoms with Gasteiger partial charge in [0.2, 0.25) is 0 Å². The van der Waals surface area contributed by atoms with Crippen molar-refractivity contribution in [1.29, 1.82) is 0 Å². The quantitative estimate of drug-likeness (QED) is 0.859. The number of nitrogens with zero attached hydrogens (tertiary/aromatic N) is 1. The van der Waals surface area contributed by atoms with Gasteiger partial charge in [-0.1, -0.05) is 0 Å². The Labute approximate surface area is 143 Å². The van der Waals surface area contributed by atoms with Gasteiger partial charge in [-0.05, 0) is 50.5 Å². The Morgan fingerprint density at radius 3 is 2.48 bits per heavy atom. The molecule has 2 aromatic rings. The van der Waals surface area contributed by atoms with Crippen LogP contribution in [0.5, 0.6) is 0 Å². The summed E-state index contributed by atoms with van der Waals surface area (Å²) in [5.74, 6) is -0.456. The molecule has 1 aromatic carbocycles. The molecule has 0 atom stereocenters. The number of furan rings is 1. The van der Waals surface area contributed by atoms with E-state index in [1.165, 1.54) is 12.3 Å². The van der Waals surface area contributed by atoms with E-state index in [9.17, 15) is 18.0 Å². The molecular formula is C18H19F3N2O2. The molecule has 2 heterocycles. The molecule has 1 N–H and O–H groups in total. The summed E-state index contributed by atoms with van der Waals surface area (Å²) in [5.41, 5.74) is 0.589. The number of rotatable bonds is 3. The lowest BCUT2D eigenvalue weighted by atomic mass is 10.1. The topological polar surface area (TPSA) is 45.5 Å². The molecule has 1 aliphatic rings. The van der Waals surface area contributed by atoms with Crippen LogP contribution in [-0.2, 0) is 6.18 Å². The highest BCUT2D eigenvalue weighted by molar-refractivity contribution is 6.05. The number of hydrogen-bond donors (Lipinski definition) is 1. The molecule has 3 rings (SSSR count). The van der Waals surface area contributed by atoms with Crippen LogP contribution in [0.4, 0.5) is 24.5 Å². The molecule has 4 nitrogen and oxygen atoms in total. The van der Waals surface area contributed by atoms with Crippen molar-refractivity contribution >= 4 is 17.3 Å². The molecule has 1 fully saturated rings. The van der Waals surface area contributed by atoms with E-state index in [-0.39, 0.29) is 11.4 Å². The summed E-state index contributed by atoms with van der Waals surface area (Å²) in [4.78, 5) is 14.4. The molecule has 1 aliphatic heterocycles. The molecule has 0 radical (unpaired) electrons. The standard InChI is InChI=1S/C18H19F3N2O2/c1-12-7-10-25-16(12)17(24)22-14-11-13(18(19,20)21)5-6-15(14)23-8-3-2-4-9-23/h5-7,10-11H,2-4,8-9H2,1H3,(H,22,24). The second-order valence-electron chi connectivity index (χ2n) is 6.16. The van der Waals surface area contributed by atoms with Crippen LogP contribution in [-0.4, -0.2) is 19.0 Å². The summed E-state index contributed by atoms with van der Waals surface area (Å²) in [6, 6.07) is 5.10. The van der Waals surface area contributed by atoms with E-state index in [4.69, 9.17) is 4.42 Å². The number of aryl methyl sites for hydroxylation is 1. The fraction of sp³-hybridized carbons (Fsp3) is 0.389. The Morgan fingerprint density at radius 2 is 1.88 bits per heavy atom. The van der Waals surface area contributed by atoms with Gasteiger partial charge >= 0.3 is 6.18 Å². The van der Waals surface area contributed by atoms with Crippen LogP contribution >= 0.6 is 0 Å². The van der Waals surface area contributed by atoms with E-state index in [0.29, 0.717) is 11.3 Å². The number of alkyl halides is 3. The van der Waals surface area contributed by atoms with Crippen molar-refractivity contribution in [3.63, 3.8) is 0 Å². The maximum absolute atomic E-state index is 13.1. The first-order chi connectivity index (χ1) is 11.9.